The molecule has 0 saturated carbocycles. The van der Waals surface area contributed by atoms with E-state index in [9.17, 15) is 9.59 Å². The van der Waals surface area contributed by atoms with Crippen molar-refractivity contribution in [2.45, 2.75) is 18.9 Å². The van der Waals surface area contributed by atoms with Gasteiger partial charge in [-0.15, -0.1) is 0 Å². The summed E-state index contributed by atoms with van der Waals surface area (Å²) in [4.78, 5) is 21.8. The smallest absolute Gasteiger partial charge is 0.239 e. The predicted molar refractivity (Wildman–Crippen MR) is 43.2 cm³/mol. The number of hydrogen-bond donors (Lipinski definition) is 3. The molecule has 12 heavy (non-hydrogen) atoms. The lowest BCUT2D eigenvalue weighted by atomic mass is 10.1. The van der Waals surface area contributed by atoms with Gasteiger partial charge in [0.05, 0.1) is 6.54 Å². The summed E-state index contributed by atoms with van der Waals surface area (Å²) in [5.41, 5.74) is 5.60. The van der Waals surface area contributed by atoms with Crippen LogP contribution in [-0.4, -0.2) is 30.9 Å². The average Bonchev–Trinajstić information content (AvgIpc) is 2.11. The van der Waals surface area contributed by atoms with Crippen LogP contribution >= 0.6 is 0 Å². The van der Waals surface area contributed by atoms with Gasteiger partial charge in [0.2, 0.25) is 11.8 Å². The van der Waals surface area contributed by atoms with E-state index in [0.717, 1.165) is 0 Å². The van der Waals surface area contributed by atoms with Gasteiger partial charge in [0, 0.05) is 19.0 Å². The predicted octanol–water partition coefficient (Wildman–Crippen LogP) is -1.66. The second kappa shape index (κ2) is 4.06. The van der Waals surface area contributed by atoms with Crippen molar-refractivity contribution in [3.8, 4) is 0 Å². The summed E-state index contributed by atoms with van der Waals surface area (Å²) >= 11 is 0. The Labute approximate surface area is 70.7 Å². The lowest BCUT2D eigenvalue weighted by Crippen LogP contribution is -2.39. The first kappa shape index (κ1) is 8.99. The molecule has 1 saturated heterocycles. The third-order valence-electron chi connectivity index (χ3n) is 1.75. The molecule has 0 aromatic carbocycles. The van der Waals surface area contributed by atoms with Gasteiger partial charge in [-0.05, 0) is 6.42 Å². The maximum absolute atomic E-state index is 10.9. The minimum atomic E-state index is -0.180. The van der Waals surface area contributed by atoms with E-state index in [1.807, 2.05) is 0 Å². The Bertz CT molecular complexity index is 173. The van der Waals surface area contributed by atoms with E-state index in [1.54, 1.807) is 0 Å². The molecule has 1 atom stereocenters. The van der Waals surface area contributed by atoms with Gasteiger partial charge >= 0.3 is 0 Å². The summed E-state index contributed by atoms with van der Waals surface area (Å²) < 4.78 is 0. The van der Waals surface area contributed by atoms with Crippen molar-refractivity contribution in [1.29, 1.82) is 0 Å². The lowest BCUT2D eigenvalue weighted by Gasteiger charge is -2.08. The molecule has 1 aliphatic heterocycles. The summed E-state index contributed by atoms with van der Waals surface area (Å²) in [5, 5.41) is 5.10. The fourth-order valence-corrected chi connectivity index (χ4v) is 0.993. The first-order valence-corrected chi connectivity index (χ1v) is 3.97. The molecule has 0 aromatic heterocycles. The van der Waals surface area contributed by atoms with Gasteiger partial charge in [-0.2, -0.15) is 0 Å². The van der Waals surface area contributed by atoms with Crippen molar-refractivity contribution in [2.75, 3.05) is 13.1 Å². The van der Waals surface area contributed by atoms with Crippen molar-refractivity contribution >= 4 is 11.8 Å². The van der Waals surface area contributed by atoms with E-state index in [-0.39, 0.29) is 24.4 Å². The Morgan fingerprint density at radius 3 is 2.75 bits per heavy atom. The number of hydrogen-bond acceptors (Lipinski definition) is 3. The summed E-state index contributed by atoms with van der Waals surface area (Å²) in [6, 6.07) is -0.113. The summed E-state index contributed by atoms with van der Waals surface area (Å²) in [6.45, 7) is 0.513. The Morgan fingerprint density at radius 1 is 1.25 bits per heavy atom. The zero-order chi connectivity index (χ0) is 8.97. The molecule has 0 aromatic rings. The number of rotatable bonds is 0. The maximum atomic E-state index is 10.9. The molecule has 1 fully saturated rings. The van der Waals surface area contributed by atoms with Crippen LogP contribution < -0.4 is 16.4 Å². The third-order valence-corrected chi connectivity index (χ3v) is 1.75. The summed E-state index contributed by atoms with van der Waals surface area (Å²) in [7, 11) is 0. The molecule has 1 aliphatic rings. The van der Waals surface area contributed by atoms with Crippen LogP contribution in [0.1, 0.15) is 12.8 Å². The number of nitrogens with two attached hydrogens (primary N) is 1. The van der Waals surface area contributed by atoms with E-state index in [4.69, 9.17) is 5.73 Å². The molecule has 0 radical (unpaired) electrons. The largest absolute Gasteiger partial charge is 0.353 e. The third kappa shape index (κ3) is 2.87. The van der Waals surface area contributed by atoms with Crippen molar-refractivity contribution in [3.63, 3.8) is 0 Å². The van der Waals surface area contributed by atoms with Gasteiger partial charge < -0.3 is 16.4 Å². The summed E-state index contributed by atoms with van der Waals surface area (Å²) in [5.74, 6) is -0.289. The molecule has 2 amide bonds. The zero-order valence-corrected chi connectivity index (χ0v) is 6.80. The number of nitrogens with one attached hydrogen (secondary N) is 2. The topological polar surface area (TPSA) is 84.2 Å². The standard InChI is InChI=1S/C7H13N3O2/c8-5-1-2-6(11)10-4-7(12)9-3-5/h5H,1-4,8H2,(H,9,12)(H,10,11). The Hall–Kier alpha value is -1.10. The van der Waals surface area contributed by atoms with Gasteiger partial charge in [0.15, 0.2) is 0 Å². The lowest BCUT2D eigenvalue weighted by molar-refractivity contribution is -0.125. The van der Waals surface area contributed by atoms with Gasteiger partial charge in [-0.3, -0.25) is 9.59 Å². The molecule has 1 unspecified atom stereocenters. The monoisotopic (exact) mass is 171 g/mol. The van der Waals surface area contributed by atoms with Crippen LogP contribution in [-0.2, 0) is 9.59 Å². The van der Waals surface area contributed by atoms with E-state index >= 15 is 0 Å². The quantitative estimate of drug-likeness (QED) is 0.408. The van der Waals surface area contributed by atoms with Crippen LogP contribution in [0.15, 0.2) is 0 Å². The van der Waals surface area contributed by atoms with E-state index in [0.29, 0.717) is 19.4 Å². The molecule has 0 spiro atoms. The van der Waals surface area contributed by atoms with Crippen LogP contribution in [0.25, 0.3) is 0 Å². The minimum absolute atomic E-state index is 0.0611. The Kier molecular flexibility index (Phi) is 3.04. The fraction of sp³-hybridized carbons (Fsp3) is 0.714. The fourth-order valence-electron chi connectivity index (χ4n) is 0.993. The maximum Gasteiger partial charge on any atom is 0.239 e. The molecule has 5 nitrogen and oxygen atoms in total. The van der Waals surface area contributed by atoms with Crippen molar-refractivity contribution in [1.82, 2.24) is 10.6 Å². The molecule has 0 aliphatic carbocycles. The molecule has 0 bridgehead atoms. The summed E-state index contributed by atoms with van der Waals surface area (Å²) in [6.07, 6.45) is 1.02. The van der Waals surface area contributed by atoms with E-state index in [1.165, 1.54) is 0 Å². The van der Waals surface area contributed by atoms with E-state index < -0.39 is 0 Å². The molecule has 1 rings (SSSR count). The Balaban J connectivity index is 2.46. The van der Waals surface area contributed by atoms with Gasteiger partial charge in [-0.1, -0.05) is 0 Å². The van der Waals surface area contributed by atoms with Crippen molar-refractivity contribution in [3.05, 3.63) is 0 Å². The highest BCUT2D eigenvalue weighted by Gasteiger charge is 2.12. The van der Waals surface area contributed by atoms with Crippen LogP contribution in [0.3, 0.4) is 0 Å². The molecule has 4 N–H and O–H groups in total. The van der Waals surface area contributed by atoms with Crippen molar-refractivity contribution in [2.24, 2.45) is 5.73 Å². The van der Waals surface area contributed by atoms with Crippen LogP contribution in [0.5, 0.6) is 0 Å². The Morgan fingerprint density at radius 2 is 2.00 bits per heavy atom. The highest BCUT2D eigenvalue weighted by atomic mass is 16.2. The van der Waals surface area contributed by atoms with Gasteiger partial charge in [0.1, 0.15) is 0 Å². The van der Waals surface area contributed by atoms with Gasteiger partial charge in [-0.25, -0.2) is 0 Å². The normalized spacial score (nSPS) is 26.2. The highest BCUT2D eigenvalue weighted by molar-refractivity contribution is 5.84. The molecular weight excluding hydrogens is 158 g/mol. The first-order valence-electron chi connectivity index (χ1n) is 3.97. The molecule has 1 heterocycles. The van der Waals surface area contributed by atoms with Crippen LogP contribution in [0, 0.1) is 0 Å². The van der Waals surface area contributed by atoms with Gasteiger partial charge in [0.25, 0.3) is 0 Å². The SMILES string of the molecule is NC1CCC(=O)NCC(=O)NC1. The molecular formula is C7H13N3O2. The second-order valence-corrected chi connectivity index (χ2v) is 2.88. The first-order chi connectivity index (χ1) is 5.68. The number of amides is 2. The van der Waals surface area contributed by atoms with E-state index in [2.05, 4.69) is 10.6 Å². The molecule has 68 valence electrons. The second-order valence-electron chi connectivity index (χ2n) is 2.88. The van der Waals surface area contributed by atoms with Crippen LogP contribution in [0.2, 0.25) is 0 Å². The minimum Gasteiger partial charge on any atom is -0.353 e. The highest BCUT2D eigenvalue weighted by Crippen LogP contribution is 1.94. The zero-order valence-electron chi connectivity index (χ0n) is 6.80. The van der Waals surface area contributed by atoms with Crippen LogP contribution in [0.4, 0.5) is 0 Å². The van der Waals surface area contributed by atoms with Crippen molar-refractivity contribution < 1.29 is 9.59 Å². The number of carbonyl (C=O) groups excluding carboxylic acids is 2. The average molecular weight is 171 g/mol. The molecule has 5 heteroatoms. The number of carbonyl (C=O) groups is 2.